The summed E-state index contributed by atoms with van der Waals surface area (Å²) in [4.78, 5) is 39.2. The third-order valence-electron chi connectivity index (χ3n) is 4.76. The lowest BCUT2D eigenvalue weighted by atomic mass is 10.1. The summed E-state index contributed by atoms with van der Waals surface area (Å²) in [7, 11) is 1.49. The van der Waals surface area contributed by atoms with Gasteiger partial charge in [-0.2, -0.15) is 0 Å². The molecule has 0 saturated carbocycles. The van der Waals surface area contributed by atoms with Crippen LogP contribution in [-0.4, -0.2) is 29.7 Å². The van der Waals surface area contributed by atoms with Gasteiger partial charge in [0.15, 0.2) is 0 Å². The van der Waals surface area contributed by atoms with E-state index < -0.39 is 0 Å². The molecule has 1 aliphatic heterocycles. The number of fused-ring (bicyclic) bond motifs is 1. The van der Waals surface area contributed by atoms with Crippen LogP contribution in [0.5, 0.6) is 5.75 Å². The molecule has 0 atom stereocenters. The molecule has 3 amide bonds. The molecule has 0 saturated heterocycles. The van der Waals surface area contributed by atoms with E-state index in [9.17, 15) is 14.4 Å². The summed E-state index contributed by atoms with van der Waals surface area (Å²) in [6.45, 7) is 0.204. The number of nitrogens with one attached hydrogen (secondary N) is 1. The van der Waals surface area contributed by atoms with Gasteiger partial charge in [0.25, 0.3) is 17.7 Å². The maximum atomic E-state index is 12.8. The van der Waals surface area contributed by atoms with Gasteiger partial charge in [0.1, 0.15) is 5.75 Å². The van der Waals surface area contributed by atoms with Gasteiger partial charge in [0.2, 0.25) is 0 Å². The molecule has 0 radical (unpaired) electrons. The highest BCUT2D eigenvalue weighted by atomic mass is 16.5. The first-order valence-corrected chi connectivity index (χ1v) is 9.07. The van der Waals surface area contributed by atoms with E-state index in [1.54, 1.807) is 36.4 Å². The van der Waals surface area contributed by atoms with E-state index in [1.807, 2.05) is 30.3 Å². The number of rotatable bonds is 5. The van der Waals surface area contributed by atoms with Crippen LogP contribution in [0.3, 0.4) is 0 Å². The van der Waals surface area contributed by atoms with Crippen molar-refractivity contribution in [3.8, 4) is 5.75 Å². The van der Waals surface area contributed by atoms with Crippen LogP contribution in [0.1, 0.15) is 36.6 Å². The minimum atomic E-state index is -0.373. The molecule has 0 bridgehead atoms. The highest BCUT2D eigenvalue weighted by molar-refractivity contribution is 6.22. The minimum absolute atomic E-state index is 0.204. The van der Waals surface area contributed by atoms with Gasteiger partial charge in [-0.3, -0.25) is 19.3 Å². The second-order valence-electron chi connectivity index (χ2n) is 6.60. The monoisotopic (exact) mass is 386 g/mol. The van der Waals surface area contributed by atoms with E-state index in [0.29, 0.717) is 22.6 Å². The van der Waals surface area contributed by atoms with E-state index >= 15 is 0 Å². The normalized spacial score (nSPS) is 12.7. The van der Waals surface area contributed by atoms with Crippen molar-refractivity contribution in [2.45, 2.75) is 6.54 Å². The molecule has 29 heavy (non-hydrogen) atoms. The lowest BCUT2D eigenvalue weighted by Gasteiger charge is -2.13. The summed E-state index contributed by atoms with van der Waals surface area (Å²) in [5.74, 6) is -0.620. The van der Waals surface area contributed by atoms with E-state index in [2.05, 4.69) is 5.32 Å². The van der Waals surface area contributed by atoms with Crippen molar-refractivity contribution in [2.75, 3.05) is 12.4 Å². The van der Waals surface area contributed by atoms with Gasteiger partial charge >= 0.3 is 0 Å². The number of amides is 3. The Bertz CT molecular complexity index is 1110. The SMILES string of the molecule is COc1ccccc1C(=O)Nc1ccc2c(c1)C(=O)N(Cc1ccccc1)C2=O. The van der Waals surface area contributed by atoms with Crippen molar-refractivity contribution < 1.29 is 19.1 Å². The first-order chi connectivity index (χ1) is 14.1. The number of ether oxygens (including phenoxy) is 1. The number of methoxy groups -OCH3 is 1. The molecule has 6 heteroatoms. The van der Waals surface area contributed by atoms with Gasteiger partial charge < -0.3 is 10.1 Å². The van der Waals surface area contributed by atoms with Crippen molar-refractivity contribution in [1.29, 1.82) is 0 Å². The molecule has 0 spiro atoms. The van der Waals surface area contributed by atoms with Crippen molar-refractivity contribution in [2.24, 2.45) is 0 Å². The van der Waals surface area contributed by atoms with Crippen LogP contribution < -0.4 is 10.1 Å². The summed E-state index contributed by atoms with van der Waals surface area (Å²) < 4.78 is 5.21. The van der Waals surface area contributed by atoms with Crippen molar-refractivity contribution in [3.63, 3.8) is 0 Å². The quantitative estimate of drug-likeness (QED) is 0.678. The largest absolute Gasteiger partial charge is 0.496 e. The Hall–Kier alpha value is -3.93. The summed E-state index contributed by atoms with van der Waals surface area (Å²) in [6.07, 6.45) is 0. The minimum Gasteiger partial charge on any atom is -0.496 e. The Kier molecular flexibility index (Phi) is 4.83. The first-order valence-electron chi connectivity index (χ1n) is 9.07. The van der Waals surface area contributed by atoms with Crippen LogP contribution in [0.4, 0.5) is 5.69 Å². The molecule has 0 unspecified atom stereocenters. The average molecular weight is 386 g/mol. The zero-order chi connectivity index (χ0) is 20.4. The number of imide groups is 1. The highest BCUT2D eigenvalue weighted by Gasteiger charge is 2.35. The maximum absolute atomic E-state index is 12.8. The standard InChI is InChI=1S/C23H18N2O4/c1-29-20-10-6-5-9-18(20)21(26)24-16-11-12-17-19(13-16)23(28)25(22(17)27)14-15-7-3-2-4-8-15/h2-13H,14H2,1H3,(H,24,26). The first kappa shape index (κ1) is 18.4. The number of para-hydroxylation sites is 1. The molecule has 144 valence electrons. The summed E-state index contributed by atoms with van der Waals surface area (Å²) >= 11 is 0. The molecule has 4 rings (SSSR count). The second kappa shape index (κ2) is 7.59. The van der Waals surface area contributed by atoms with Crippen molar-refractivity contribution >= 4 is 23.4 Å². The number of nitrogens with zero attached hydrogens (tertiary/aromatic N) is 1. The van der Waals surface area contributed by atoms with Gasteiger partial charge in [0.05, 0.1) is 30.3 Å². The molecular formula is C23H18N2O4. The smallest absolute Gasteiger partial charge is 0.261 e. The lowest BCUT2D eigenvalue weighted by molar-refractivity contribution is 0.0642. The molecule has 6 nitrogen and oxygen atoms in total. The van der Waals surface area contributed by atoms with E-state index in [4.69, 9.17) is 4.74 Å². The zero-order valence-electron chi connectivity index (χ0n) is 15.7. The highest BCUT2D eigenvalue weighted by Crippen LogP contribution is 2.28. The Morgan fingerprint density at radius 3 is 2.34 bits per heavy atom. The van der Waals surface area contributed by atoms with E-state index in [-0.39, 0.29) is 29.8 Å². The van der Waals surface area contributed by atoms with E-state index in [0.717, 1.165) is 5.56 Å². The Labute approximate surface area is 167 Å². The number of hydrogen-bond donors (Lipinski definition) is 1. The topological polar surface area (TPSA) is 75.7 Å². The number of benzene rings is 3. The van der Waals surface area contributed by atoms with Gasteiger partial charge in [-0.15, -0.1) is 0 Å². The molecule has 0 aromatic heterocycles. The lowest BCUT2D eigenvalue weighted by Crippen LogP contribution is -2.29. The predicted molar refractivity (Wildman–Crippen MR) is 108 cm³/mol. The van der Waals surface area contributed by atoms with Gasteiger partial charge in [-0.1, -0.05) is 42.5 Å². The number of carbonyl (C=O) groups is 3. The third-order valence-corrected chi connectivity index (χ3v) is 4.76. The summed E-state index contributed by atoms with van der Waals surface area (Å²) in [5, 5.41) is 2.76. The number of carbonyl (C=O) groups excluding carboxylic acids is 3. The fraction of sp³-hybridized carbons (Fsp3) is 0.0870. The zero-order valence-corrected chi connectivity index (χ0v) is 15.7. The fourth-order valence-corrected chi connectivity index (χ4v) is 3.31. The van der Waals surface area contributed by atoms with Crippen molar-refractivity contribution in [1.82, 2.24) is 4.90 Å². The van der Waals surface area contributed by atoms with Crippen LogP contribution in [-0.2, 0) is 6.54 Å². The molecule has 3 aromatic carbocycles. The van der Waals surface area contributed by atoms with Crippen LogP contribution in [0.15, 0.2) is 72.8 Å². The van der Waals surface area contributed by atoms with Crippen LogP contribution in [0.2, 0.25) is 0 Å². The van der Waals surface area contributed by atoms with E-state index in [1.165, 1.54) is 18.1 Å². The molecular weight excluding hydrogens is 368 g/mol. The average Bonchev–Trinajstić information content (AvgIpc) is 2.99. The number of anilines is 1. The van der Waals surface area contributed by atoms with Gasteiger partial charge in [0, 0.05) is 5.69 Å². The fourth-order valence-electron chi connectivity index (χ4n) is 3.31. The van der Waals surface area contributed by atoms with Gasteiger partial charge in [-0.25, -0.2) is 0 Å². The van der Waals surface area contributed by atoms with Crippen molar-refractivity contribution in [3.05, 3.63) is 95.1 Å². The Morgan fingerprint density at radius 2 is 1.59 bits per heavy atom. The van der Waals surface area contributed by atoms with Crippen LogP contribution in [0, 0.1) is 0 Å². The summed E-state index contributed by atoms with van der Waals surface area (Å²) in [5.41, 5.74) is 2.29. The third kappa shape index (κ3) is 3.48. The van der Waals surface area contributed by atoms with Crippen LogP contribution >= 0.6 is 0 Å². The molecule has 0 aliphatic carbocycles. The Morgan fingerprint density at radius 1 is 0.897 bits per heavy atom. The predicted octanol–water partition coefficient (Wildman–Crippen LogP) is 3.74. The Balaban J connectivity index is 1.57. The van der Waals surface area contributed by atoms with Gasteiger partial charge in [-0.05, 0) is 35.9 Å². The van der Waals surface area contributed by atoms with Crippen LogP contribution in [0.25, 0.3) is 0 Å². The maximum Gasteiger partial charge on any atom is 0.261 e. The summed E-state index contributed by atoms with van der Waals surface area (Å²) in [6, 6.07) is 20.9. The number of hydrogen-bond acceptors (Lipinski definition) is 4. The molecule has 1 heterocycles. The molecule has 3 aromatic rings. The molecule has 1 aliphatic rings. The molecule has 0 fully saturated rings. The second-order valence-corrected chi connectivity index (χ2v) is 6.60. The molecule has 1 N–H and O–H groups in total.